The number of aromatic nitrogens is 1. The summed E-state index contributed by atoms with van der Waals surface area (Å²) in [7, 11) is 0. The number of nitrogens with zero attached hydrogens (tertiary/aromatic N) is 3. The first-order valence-electron chi connectivity index (χ1n) is 10.4. The predicted molar refractivity (Wildman–Crippen MR) is 117 cm³/mol. The van der Waals surface area contributed by atoms with E-state index in [-0.39, 0.29) is 11.4 Å². The van der Waals surface area contributed by atoms with Gasteiger partial charge in [-0.05, 0) is 48.4 Å². The molecule has 4 heterocycles. The molecular weight excluding hydrogens is 395 g/mol. The molecule has 3 aliphatic heterocycles. The second-order valence-electron chi connectivity index (χ2n) is 7.98. The van der Waals surface area contributed by atoms with Gasteiger partial charge in [0.1, 0.15) is 5.52 Å². The van der Waals surface area contributed by atoms with Gasteiger partial charge in [0.05, 0.1) is 5.70 Å². The van der Waals surface area contributed by atoms with Crippen LogP contribution in [0.15, 0.2) is 70.6 Å². The maximum Gasteiger partial charge on any atom is 0.255 e. The van der Waals surface area contributed by atoms with Crippen LogP contribution in [-0.2, 0) is 4.79 Å². The number of carbonyl (C=O) groups excluding carboxylic acids is 1. The van der Waals surface area contributed by atoms with Crippen molar-refractivity contribution < 1.29 is 13.6 Å². The highest BCUT2D eigenvalue weighted by Crippen LogP contribution is 2.28. The Morgan fingerprint density at radius 3 is 2.90 bits per heavy atom. The van der Waals surface area contributed by atoms with Gasteiger partial charge >= 0.3 is 0 Å². The molecule has 0 spiro atoms. The fraction of sp³-hybridized carbons (Fsp3) is 0.250. The Labute approximate surface area is 179 Å². The second-order valence-corrected chi connectivity index (χ2v) is 7.98. The van der Waals surface area contributed by atoms with Gasteiger partial charge in [-0.1, -0.05) is 12.2 Å². The fourth-order valence-corrected chi connectivity index (χ4v) is 4.13. The molecule has 1 amide bonds. The number of halogens is 1. The summed E-state index contributed by atoms with van der Waals surface area (Å²) in [4.78, 5) is 21.1. The lowest BCUT2D eigenvalue weighted by molar-refractivity contribution is -0.122. The number of carbonyl (C=O) groups is 1. The SMILES string of the molecule is Cc1nc2c(F)cc(C3=CC(=O)N4C=C(N5CCN[C@@H](C)C5)C=C/C4=C\C=C3)cc2o1. The van der Waals surface area contributed by atoms with E-state index < -0.39 is 5.82 Å². The Bertz CT molecular complexity index is 1220. The normalized spacial score (nSPS) is 23.1. The van der Waals surface area contributed by atoms with Crippen LogP contribution in [-0.4, -0.2) is 46.4 Å². The summed E-state index contributed by atoms with van der Waals surface area (Å²) in [5, 5.41) is 3.43. The van der Waals surface area contributed by atoms with Gasteiger partial charge < -0.3 is 14.6 Å². The van der Waals surface area contributed by atoms with Crippen LogP contribution in [0.3, 0.4) is 0 Å². The second kappa shape index (κ2) is 7.67. The number of piperazine rings is 1. The molecule has 0 unspecified atom stereocenters. The molecular formula is C24H23FN4O2. The average Bonchev–Trinajstić information content (AvgIpc) is 3.12. The number of hydrogen-bond donors (Lipinski definition) is 1. The van der Waals surface area contributed by atoms with E-state index in [0.717, 1.165) is 31.0 Å². The third kappa shape index (κ3) is 3.72. The summed E-state index contributed by atoms with van der Waals surface area (Å²) < 4.78 is 20.0. The Morgan fingerprint density at radius 2 is 2.06 bits per heavy atom. The standard InChI is InChI=1S/C24H23FN4O2/c1-15-13-28(9-8-26-15)20-7-6-19-5-3-4-17(12-23(30)29(19)14-20)18-10-21(25)24-22(11-18)31-16(2)27-24/h3-7,10-12,14-15,26H,8-9,13H2,1-2H3/b4-3?,17-12?,19-5+/t15-/m0/s1. The van der Waals surface area contributed by atoms with Crippen LogP contribution < -0.4 is 5.32 Å². The van der Waals surface area contributed by atoms with Gasteiger partial charge in [0, 0.05) is 50.6 Å². The van der Waals surface area contributed by atoms with Crippen molar-refractivity contribution in [1.29, 1.82) is 0 Å². The molecule has 1 N–H and O–H groups in total. The number of oxazole rings is 1. The van der Waals surface area contributed by atoms with E-state index in [2.05, 4.69) is 22.1 Å². The van der Waals surface area contributed by atoms with Gasteiger partial charge in [0.25, 0.3) is 5.91 Å². The van der Waals surface area contributed by atoms with E-state index >= 15 is 0 Å². The van der Waals surface area contributed by atoms with Crippen molar-refractivity contribution in [2.45, 2.75) is 19.9 Å². The maximum absolute atomic E-state index is 14.5. The Balaban J connectivity index is 1.49. The summed E-state index contributed by atoms with van der Waals surface area (Å²) in [6, 6.07) is 3.49. The molecule has 158 valence electrons. The lowest BCUT2D eigenvalue weighted by atomic mass is 10.0. The van der Waals surface area contributed by atoms with Crippen LogP contribution in [0.1, 0.15) is 18.4 Å². The van der Waals surface area contributed by atoms with Gasteiger partial charge in [-0.2, -0.15) is 0 Å². The largest absolute Gasteiger partial charge is 0.441 e. The molecule has 1 fully saturated rings. The summed E-state index contributed by atoms with van der Waals surface area (Å²) in [5.74, 6) is -0.262. The molecule has 1 saturated heterocycles. The smallest absolute Gasteiger partial charge is 0.255 e. The monoisotopic (exact) mass is 418 g/mol. The van der Waals surface area contributed by atoms with Crippen molar-refractivity contribution in [3.05, 3.63) is 83.5 Å². The van der Waals surface area contributed by atoms with E-state index in [0.29, 0.717) is 28.7 Å². The maximum atomic E-state index is 14.5. The third-order valence-electron chi connectivity index (χ3n) is 5.65. The minimum absolute atomic E-state index is 0.190. The van der Waals surface area contributed by atoms with Crippen LogP contribution in [0.2, 0.25) is 0 Å². The van der Waals surface area contributed by atoms with Crippen LogP contribution in [0.4, 0.5) is 4.39 Å². The number of fused-ring (bicyclic) bond motifs is 2. The highest BCUT2D eigenvalue weighted by Gasteiger charge is 2.23. The van der Waals surface area contributed by atoms with Crippen molar-refractivity contribution in [1.82, 2.24) is 20.1 Å². The molecule has 6 nitrogen and oxygen atoms in total. The Morgan fingerprint density at radius 1 is 1.23 bits per heavy atom. The molecule has 7 heteroatoms. The van der Waals surface area contributed by atoms with Crippen molar-refractivity contribution in [2.75, 3.05) is 19.6 Å². The first-order valence-corrected chi connectivity index (χ1v) is 10.4. The molecule has 1 atom stereocenters. The third-order valence-corrected chi connectivity index (χ3v) is 5.65. The van der Waals surface area contributed by atoms with Crippen LogP contribution >= 0.6 is 0 Å². The first kappa shape index (κ1) is 19.5. The zero-order valence-electron chi connectivity index (χ0n) is 17.4. The number of rotatable bonds is 2. The summed E-state index contributed by atoms with van der Waals surface area (Å²) >= 11 is 0. The van der Waals surface area contributed by atoms with E-state index in [1.807, 2.05) is 30.5 Å². The van der Waals surface area contributed by atoms with Gasteiger partial charge in [0.15, 0.2) is 17.3 Å². The number of amides is 1. The fourth-order valence-electron chi connectivity index (χ4n) is 4.13. The summed E-state index contributed by atoms with van der Waals surface area (Å²) in [6.45, 7) is 6.51. The topological polar surface area (TPSA) is 61.6 Å². The van der Waals surface area contributed by atoms with Gasteiger partial charge in [-0.25, -0.2) is 9.37 Å². The molecule has 2 aromatic rings. The van der Waals surface area contributed by atoms with E-state index in [4.69, 9.17) is 4.42 Å². The zero-order valence-corrected chi connectivity index (χ0v) is 17.4. The molecule has 5 rings (SSSR count). The van der Waals surface area contributed by atoms with Crippen molar-refractivity contribution >= 4 is 22.6 Å². The first-order chi connectivity index (χ1) is 15.0. The van der Waals surface area contributed by atoms with Crippen molar-refractivity contribution in [3.8, 4) is 0 Å². The predicted octanol–water partition coefficient (Wildman–Crippen LogP) is 3.65. The van der Waals surface area contributed by atoms with E-state index in [9.17, 15) is 9.18 Å². The highest BCUT2D eigenvalue weighted by atomic mass is 19.1. The number of hydrogen-bond acceptors (Lipinski definition) is 5. The number of aryl methyl sites for hydroxylation is 1. The minimum atomic E-state index is -0.472. The van der Waals surface area contributed by atoms with Gasteiger partial charge in [-0.15, -0.1) is 0 Å². The average molecular weight is 418 g/mol. The van der Waals surface area contributed by atoms with Gasteiger partial charge in [0.2, 0.25) is 0 Å². The number of benzene rings is 1. The van der Waals surface area contributed by atoms with Crippen molar-refractivity contribution in [3.63, 3.8) is 0 Å². The lowest BCUT2D eigenvalue weighted by Gasteiger charge is -2.36. The van der Waals surface area contributed by atoms with E-state index in [1.54, 1.807) is 24.0 Å². The minimum Gasteiger partial charge on any atom is -0.441 e. The number of allylic oxidation sites excluding steroid dienone is 6. The molecule has 1 aromatic heterocycles. The zero-order chi connectivity index (χ0) is 21.5. The Kier molecular flexibility index (Phi) is 4.82. The quantitative estimate of drug-likeness (QED) is 0.807. The molecule has 0 aliphatic carbocycles. The van der Waals surface area contributed by atoms with Crippen LogP contribution in [0.25, 0.3) is 16.7 Å². The molecule has 0 bridgehead atoms. The molecule has 0 radical (unpaired) electrons. The lowest BCUT2D eigenvalue weighted by Crippen LogP contribution is -2.48. The van der Waals surface area contributed by atoms with E-state index in [1.165, 1.54) is 12.1 Å². The summed E-state index contributed by atoms with van der Waals surface area (Å²) in [5.41, 5.74) is 3.53. The highest BCUT2D eigenvalue weighted by molar-refractivity contribution is 6.00. The molecule has 1 aromatic carbocycles. The van der Waals surface area contributed by atoms with Crippen LogP contribution in [0.5, 0.6) is 0 Å². The van der Waals surface area contributed by atoms with Crippen molar-refractivity contribution in [2.24, 2.45) is 0 Å². The summed E-state index contributed by atoms with van der Waals surface area (Å²) in [6.07, 6.45) is 12.9. The molecule has 3 aliphatic rings. The molecule has 31 heavy (non-hydrogen) atoms. The Hall–Kier alpha value is -3.45. The number of nitrogens with one attached hydrogen (secondary N) is 1. The van der Waals surface area contributed by atoms with Crippen LogP contribution in [0, 0.1) is 12.7 Å². The molecule has 0 saturated carbocycles. The van der Waals surface area contributed by atoms with Gasteiger partial charge in [-0.3, -0.25) is 9.69 Å².